The number of aromatic nitrogens is 1. The summed E-state index contributed by atoms with van der Waals surface area (Å²) in [4.78, 5) is 27.7. The van der Waals surface area contributed by atoms with Gasteiger partial charge in [-0.3, -0.25) is 0 Å². The van der Waals surface area contributed by atoms with Gasteiger partial charge in [0.25, 0.3) is 0 Å². The molecule has 0 aliphatic rings. The Morgan fingerprint density at radius 1 is 1.00 bits per heavy atom. The van der Waals surface area contributed by atoms with Crippen LogP contribution in [-0.2, 0) is 16.1 Å². The van der Waals surface area contributed by atoms with Gasteiger partial charge in [0.1, 0.15) is 12.3 Å². The van der Waals surface area contributed by atoms with Gasteiger partial charge in [-0.15, -0.1) is 0 Å². The maximum absolute atomic E-state index is 12.1. The Balaban J connectivity index is 2.05. The van der Waals surface area contributed by atoms with Crippen molar-refractivity contribution in [2.24, 2.45) is 0 Å². The van der Waals surface area contributed by atoms with Crippen LogP contribution in [0.2, 0.25) is 0 Å². The maximum atomic E-state index is 12.1. The molecule has 2 rings (SSSR count). The molecular weight excluding hydrogens is 282 g/mol. The van der Waals surface area contributed by atoms with E-state index in [1.165, 1.54) is 12.1 Å². The number of hydrogen-bond donors (Lipinski definition) is 0. The minimum atomic E-state index is -0.505. The number of pyridine rings is 1. The first kappa shape index (κ1) is 15.7. The van der Waals surface area contributed by atoms with Crippen LogP contribution in [0, 0.1) is 6.92 Å². The second-order valence-electron chi connectivity index (χ2n) is 4.61. The second-order valence-corrected chi connectivity index (χ2v) is 4.61. The zero-order valence-corrected chi connectivity index (χ0v) is 12.5. The summed E-state index contributed by atoms with van der Waals surface area (Å²) >= 11 is 0. The molecule has 0 fully saturated rings. The molecule has 0 atom stereocenters. The summed E-state index contributed by atoms with van der Waals surface area (Å²) < 4.78 is 10.1. The fourth-order valence-electron chi connectivity index (χ4n) is 1.90. The summed E-state index contributed by atoms with van der Waals surface area (Å²) in [5, 5.41) is 0. The molecule has 1 aromatic heterocycles. The summed E-state index contributed by atoms with van der Waals surface area (Å²) in [6.07, 6.45) is 0. The number of rotatable bonds is 5. The van der Waals surface area contributed by atoms with Crippen molar-refractivity contribution in [1.82, 2.24) is 4.98 Å². The Kier molecular flexibility index (Phi) is 5.25. The molecule has 1 heterocycles. The number of carbonyl (C=O) groups excluding carboxylic acids is 2. The number of nitrogens with zero attached hydrogens (tertiary/aromatic N) is 1. The lowest BCUT2D eigenvalue weighted by atomic mass is 10.2. The van der Waals surface area contributed by atoms with E-state index in [9.17, 15) is 9.59 Å². The molecule has 0 amide bonds. The highest BCUT2D eigenvalue weighted by atomic mass is 16.5. The lowest BCUT2D eigenvalue weighted by Crippen LogP contribution is -2.12. The first-order valence-corrected chi connectivity index (χ1v) is 6.97. The molecule has 0 saturated heterocycles. The predicted molar refractivity (Wildman–Crippen MR) is 80.5 cm³/mol. The molecule has 0 aliphatic carbocycles. The summed E-state index contributed by atoms with van der Waals surface area (Å²) in [6.45, 7) is 3.85. The molecular formula is C17H17NO4. The maximum Gasteiger partial charge on any atom is 0.356 e. The summed E-state index contributed by atoms with van der Waals surface area (Å²) in [5.74, 6) is -0.973. The molecule has 0 radical (unpaired) electrons. The van der Waals surface area contributed by atoms with Crippen molar-refractivity contribution < 1.29 is 19.1 Å². The number of ether oxygens (including phenoxy) is 2. The average Bonchev–Trinajstić information content (AvgIpc) is 2.53. The van der Waals surface area contributed by atoms with Gasteiger partial charge in [0.15, 0.2) is 0 Å². The van der Waals surface area contributed by atoms with Crippen LogP contribution < -0.4 is 0 Å². The Morgan fingerprint density at radius 3 is 2.36 bits per heavy atom. The van der Waals surface area contributed by atoms with Gasteiger partial charge in [0.05, 0.1) is 17.9 Å². The zero-order chi connectivity index (χ0) is 15.9. The molecule has 1 aromatic carbocycles. The molecule has 0 spiro atoms. The molecule has 0 bridgehead atoms. The molecule has 2 aromatic rings. The SMILES string of the molecule is CCOC(=O)c1ccc(C(=O)OCc2ccccc2)c(C)n1. The van der Waals surface area contributed by atoms with Gasteiger partial charge in [-0.1, -0.05) is 30.3 Å². The first-order valence-electron chi connectivity index (χ1n) is 6.97. The van der Waals surface area contributed by atoms with E-state index in [0.29, 0.717) is 11.3 Å². The van der Waals surface area contributed by atoms with Gasteiger partial charge in [-0.25, -0.2) is 14.6 Å². The monoisotopic (exact) mass is 299 g/mol. The summed E-state index contributed by atoms with van der Waals surface area (Å²) in [6, 6.07) is 12.4. The van der Waals surface area contributed by atoms with Crippen molar-refractivity contribution in [3.63, 3.8) is 0 Å². The standard InChI is InChI=1S/C17H17NO4/c1-3-21-17(20)15-10-9-14(12(2)18-15)16(19)22-11-13-7-5-4-6-8-13/h4-10H,3,11H2,1-2H3. The van der Waals surface area contributed by atoms with Crippen LogP contribution in [0.1, 0.15) is 39.0 Å². The van der Waals surface area contributed by atoms with Gasteiger partial charge >= 0.3 is 11.9 Å². The number of carbonyl (C=O) groups is 2. The van der Waals surface area contributed by atoms with E-state index in [2.05, 4.69) is 4.98 Å². The van der Waals surface area contributed by atoms with Crippen LogP contribution in [0.25, 0.3) is 0 Å². The fraction of sp³-hybridized carbons (Fsp3) is 0.235. The number of aryl methyl sites for hydroxylation is 1. The van der Waals surface area contributed by atoms with Crippen LogP contribution in [0.5, 0.6) is 0 Å². The molecule has 114 valence electrons. The number of esters is 2. The Morgan fingerprint density at radius 2 is 1.73 bits per heavy atom. The van der Waals surface area contributed by atoms with Crippen LogP contribution in [0.15, 0.2) is 42.5 Å². The Hall–Kier alpha value is -2.69. The van der Waals surface area contributed by atoms with Gasteiger partial charge in [0, 0.05) is 0 Å². The van der Waals surface area contributed by atoms with E-state index < -0.39 is 11.9 Å². The van der Waals surface area contributed by atoms with E-state index in [1.54, 1.807) is 13.8 Å². The molecule has 5 heteroatoms. The van der Waals surface area contributed by atoms with Crippen LogP contribution >= 0.6 is 0 Å². The van der Waals surface area contributed by atoms with Crippen molar-refractivity contribution in [3.05, 3.63) is 65.0 Å². The van der Waals surface area contributed by atoms with Crippen molar-refractivity contribution in [2.45, 2.75) is 20.5 Å². The van der Waals surface area contributed by atoms with E-state index in [0.717, 1.165) is 5.56 Å². The molecule has 0 aliphatic heterocycles. The van der Waals surface area contributed by atoms with E-state index in [-0.39, 0.29) is 18.9 Å². The molecule has 5 nitrogen and oxygen atoms in total. The van der Waals surface area contributed by atoms with Crippen LogP contribution in [0.3, 0.4) is 0 Å². The third-order valence-corrected chi connectivity index (χ3v) is 3.00. The summed E-state index contributed by atoms with van der Waals surface area (Å²) in [5.41, 5.74) is 1.86. The topological polar surface area (TPSA) is 65.5 Å². The molecule has 0 N–H and O–H groups in total. The second kappa shape index (κ2) is 7.36. The number of hydrogen-bond acceptors (Lipinski definition) is 5. The van der Waals surface area contributed by atoms with Crippen molar-refractivity contribution >= 4 is 11.9 Å². The number of benzene rings is 1. The lowest BCUT2D eigenvalue weighted by molar-refractivity contribution is 0.0466. The fourth-order valence-corrected chi connectivity index (χ4v) is 1.90. The highest BCUT2D eigenvalue weighted by Crippen LogP contribution is 2.11. The van der Waals surface area contributed by atoms with E-state index in [1.807, 2.05) is 30.3 Å². The van der Waals surface area contributed by atoms with Crippen LogP contribution in [-0.4, -0.2) is 23.5 Å². The van der Waals surface area contributed by atoms with Gasteiger partial charge in [-0.05, 0) is 31.5 Å². The minimum Gasteiger partial charge on any atom is -0.461 e. The Labute approximate surface area is 128 Å². The van der Waals surface area contributed by atoms with Gasteiger partial charge < -0.3 is 9.47 Å². The van der Waals surface area contributed by atoms with Gasteiger partial charge in [-0.2, -0.15) is 0 Å². The Bertz CT molecular complexity index is 668. The third kappa shape index (κ3) is 3.91. The highest BCUT2D eigenvalue weighted by Gasteiger charge is 2.15. The zero-order valence-electron chi connectivity index (χ0n) is 12.5. The lowest BCUT2D eigenvalue weighted by Gasteiger charge is -2.08. The van der Waals surface area contributed by atoms with Crippen molar-refractivity contribution in [2.75, 3.05) is 6.61 Å². The third-order valence-electron chi connectivity index (χ3n) is 3.00. The van der Waals surface area contributed by atoms with E-state index in [4.69, 9.17) is 9.47 Å². The molecule has 0 unspecified atom stereocenters. The highest BCUT2D eigenvalue weighted by molar-refractivity contribution is 5.92. The van der Waals surface area contributed by atoms with Crippen molar-refractivity contribution in [1.29, 1.82) is 0 Å². The van der Waals surface area contributed by atoms with Crippen LogP contribution in [0.4, 0.5) is 0 Å². The van der Waals surface area contributed by atoms with E-state index >= 15 is 0 Å². The first-order chi connectivity index (χ1) is 10.6. The minimum absolute atomic E-state index is 0.180. The molecule has 22 heavy (non-hydrogen) atoms. The normalized spacial score (nSPS) is 10.1. The quantitative estimate of drug-likeness (QED) is 0.794. The van der Waals surface area contributed by atoms with Gasteiger partial charge in [0.2, 0.25) is 0 Å². The van der Waals surface area contributed by atoms with Crippen molar-refractivity contribution in [3.8, 4) is 0 Å². The average molecular weight is 299 g/mol. The smallest absolute Gasteiger partial charge is 0.356 e. The molecule has 0 saturated carbocycles. The predicted octanol–water partition coefficient (Wildman–Crippen LogP) is 2.92. The summed E-state index contributed by atoms with van der Waals surface area (Å²) in [7, 11) is 0. The largest absolute Gasteiger partial charge is 0.461 e.